The molecular formula is C25H40O8Zr. The van der Waals surface area contributed by atoms with E-state index in [0.717, 1.165) is 43.8 Å². The van der Waals surface area contributed by atoms with E-state index >= 15 is 0 Å². The van der Waals surface area contributed by atoms with Gasteiger partial charge in [0.05, 0.1) is 33.0 Å². The number of unbranched alkanes of at least 4 members (excludes halogenated alkanes) is 1. The topological polar surface area (TPSA) is 101 Å². The zero-order chi connectivity index (χ0) is 24.5. The monoisotopic (exact) mass is 558 g/mol. The molecule has 0 radical (unpaired) electrons. The first-order valence-corrected chi connectivity index (χ1v) is 11.8. The fourth-order valence-corrected chi connectivity index (χ4v) is 3.17. The first-order chi connectivity index (χ1) is 15.9. The van der Waals surface area contributed by atoms with Gasteiger partial charge < -0.3 is 28.8 Å². The molecule has 0 saturated carbocycles. The van der Waals surface area contributed by atoms with Crippen LogP contribution in [0.1, 0.15) is 64.5 Å². The van der Waals surface area contributed by atoms with E-state index in [0.29, 0.717) is 46.2 Å². The minimum absolute atomic E-state index is 0. The van der Waals surface area contributed by atoms with Crippen molar-refractivity contribution >= 4 is 11.8 Å². The molecule has 1 aromatic rings. The molecule has 1 heterocycles. The van der Waals surface area contributed by atoms with Crippen LogP contribution in [0.25, 0.3) is 0 Å². The van der Waals surface area contributed by atoms with Crippen LogP contribution in [0.15, 0.2) is 12.1 Å². The summed E-state index contributed by atoms with van der Waals surface area (Å²) in [7, 11) is 0. The summed E-state index contributed by atoms with van der Waals surface area (Å²) in [5.74, 6) is -0.442. The van der Waals surface area contributed by atoms with Gasteiger partial charge in [-0.2, -0.15) is 0 Å². The minimum atomic E-state index is -1.02. The van der Waals surface area contributed by atoms with Gasteiger partial charge in [-0.25, -0.2) is 0 Å². The Balaban J connectivity index is 0.000000931. The molecule has 0 spiro atoms. The Kier molecular flexibility index (Phi) is 19.2. The van der Waals surface area contributed by atoms with Crippen LogP contribution in [0, 0.1) is 5.92 Å². The molecule has 1 aliphatic heterocycles. The summed E-state index contributed by atoms with van der Waals surface area (Å²) < 4.78 is 27.6. The molecule has 0 aliphatic carbocycles. The summed E-state index contributed by atoms with van der Waals surface area (Å²) >= 11 is 0. The number of carboxylic acids is 1. The van der Waals surface area contributed by atoms with Crippen molar-refractivity contribution in [3.05, 3.63) is 23.3 Å². The quantitative estimate of drug-likeness (QED) is 0.235. The first-order valence-electron chi connectivity index (χ1n) is 11.8. The molecule has 0 fully saturated rings. The van der Waals surface area contributed by atoms with Crippen LogP contribution in [-0.4, -0.2) is 56.7 Å². The smallest absolute Gasteiger partial charge is 0.314 e. The number of carbonyl (C=O) groups excluding carboxylic acids is 1. The third kappa shape index (κ3) is 13.0. The van der Waals surface area contributed by atoms with Crippen molar-refractivity contribution < 1.29 is 64.6 Å². The number of hydrogen-bond donors (Lipinski definition) is 1. The maximum absolute atomic E-state index is 10.4. The van der Waals surface area contributed by atoms with Crippen molar-refractivity contribution in [2.75, 3.05) is 39.8 Å². The molecule has 1 aromatic carbocycles. The van der Waals surface area contributed by atoms with Crippen LogP contribution >= 0.6 is 0 Å². The number of aryl methyl sites for hydroxylation is 1. The third-order valence-corrected chi connectivity index (χ3v) is 5.06. The number of rotatable bonds is 16. The number of benzene rings is 1. The standard InChI is InChI=1S/C19H30O5.C6H10O3.Zr/c1-3-5-7-20-8-9-21-10-11-22-14-17-13-19-18(23-15-24-19)12-16(17)6-4-2;1-3-5(4(2)7)6(8)9;/h12-13H,3-11,14-15H2,1-2H3;5H,3H2,1-2H3,(H,8,9);. The number of fused-ring (bicyclic) bond motifs is 1. The summed E-state index contributed by atoms with van der Waals surface area (Å²) in [5.41, 5.74) is 2.44. The Labute approximate surface area is 222 Å². The van der Waals surface area contributed by atoms with Crippen molar-refractivity contribution in [3.63, 3.8) is 0 Å². The van der Waals surface area contributed by atoms with E-state index in [2.05, 4.69) is 19.9 Å². The van der Waals surface area contributed by atoms with Gasteiger partial charge in [-0.1, -0.05) is 33.6 Å². The zero-order valence-electron chi connectivity index (χ0n) is 21.0. The summed E-state index contributed by atoms with van der Waals surface area (Å²) in [4.78, 5) is 20.6. The molecular weight excluding hydrogens is 519 g/mol. The summed E-state index contributed by atoms with van der Waals surface area (Å²) in [6, 6.07) is 4.12. The van der Waals surface area contributed by atoms with Crippen LogP contribution < -0.4 is 9.47 Å². The number of ketones is 1. The van der Waals surface area contributed by atoms with Gasteiger partial charge >= 0.3 is 5.97 Å². The first kappa shape index (κ1) is 32.7. The minimum Gasteiger partial charge on any atom is -0.481 e. The van der Waals surface area contributed by atoms with Crippen molar-refractivity contribution in [2.24, 2.45) is 5.92 Å². The van der Waals surface area contributed by atoms with E-state index in [1.807, 2.05) is 6.07 Å². The van der Waals surface area contributed by atoms with E-state index in [1.165, 1.54) is 18.1 Å². The van der Waals surface area contributed by atoms with E-state index in [4.69, 9.17) is 28.8 Å². The fourth-order valence-electron chi connectivity index (χ4n) is 3.17. The van der Waals surface area contributed by atoms with Gasteiger partial charge in [0.15, 0.2) is 11.5 Å². The number of carbonyl (C=O) groups is 2. The summed E-state index contributed by atoms with van der Waals surface area (Å²) in [6.07, 6.45) is 4.76. The van der Waals surface area contributed by atoms with Gasteiger partial charge in [-0.3, -0.25) is 9.59 Å². The molecule has 0 bridgehead atoms. The molecule has 2 rings (SSSR count). The third-order valence-electron chi connectivity index (χ3n) is 5.06. The molecule has 1 atom stereocenters. The van der Waals surface area contributed by atoms with Crippen LogP contribution in [0.4, 0.5) is 0 Å². The van der Waals surface area contributed by atoms with Crippen LogP contribution in [-0.2, 0) is 63.0 Å². The Hall–Kier alpha value is -1.28. The summed E-state index contributed by atoms with van der Waals surface area (Å²) in [5, 5.41) is 8.32. The average molecular weight is 560 g/mol. The number of hydrogen-bond acceptors (Lipinski definition) is 7. The normalized spacial score (nSPS) is 12.4. The molecule has 1 N–H and O–H groups in total. The molecule has 0 amide bonds. The van der Waals surface area contributed by atoms with E-state index < -0.39 is 11.9 Å². The fraction of sp³-hybridized carbons (Fsp3) is 0.680. The Bertz CT molecular complexity index is 696. The average Bonchev–Trinajstić information content (AvgIpc) is 3.23. The van der Waals surface area contributed by atoms with Gasteiger partial charge in [0.1, 0.15) is 11.7 Å². The SMILES string of the molecule is CCC(C(C)=O)C(=O)O.CCCCOCCOCCOCc1cc2c(cc1CCC)OCO2.[Zr]. The Morgan fingerprint density at radius 2 is 1.47 bits per heavy atom. The van der Waals surface area contributed by atoms with E-state index in [9.17, 15) is 9.59 Å². The second-order valence-electron chi connectivity index (χ2n) is 7.76. The van der Waals surface area contributed by atoms with E-state index in [1.54, 1.807) is 6.92 Å². The van der Waals surface area contributed by atoms with Crippen molar-refractivity contribution in [2.45, 2.75) is 66.4 Å². The van der Waals surface area contributed by atoms with Gasteiger partial charge in [-0.15, -0.1) is 0 Å². The number of Topliss-reactive ketones (excluding diaryl/α,β-unsaturated/α-hetero) is 1. The van der Waals surface area contributed by atoms with Gasteiger partial charge in [0.25, 0.3) is 0 Å². The van der Waals surface area contributed by atoms with Crippen molar-refractivity contribution in [1.29, 1.82) is 0 Å². The Morgan fingerprint density at radius 3 is 1.94 bits per heavy atom. The molecule has 192 valence electrons. The number of carboxylic acid groups (broad SMARTS) is 1. The zero-order valence-corrected chi connectivity index (χ0v) is 23.5. The van der Waals surface area contributed by atoms with Crippen molar-refractivity contribution in [1.82, 2.24) is 0 Å². The molecule has 1 unspecified atom stereocenters. The molecule has 34 heavy (non-hydrogen) atoms. The Morgan fingerprint density at radius 1 is 0.912 bits per heavy atom. The van der Waals surface area contributed by atoms with Crippen molar-refractivity contribution in [3.8, 4) is 11.5 Å². The second kappa shape index (κ2) is 20.0. The van der Waals surface area contributed by atoms with Crippen LogP contribution in [0.5, 0.6) is 11.5 Å². The van der Waals surface area contributed by atoms with Gasteiger partial charge in [0, 0.05) is 32.8 Å². The predicted octanol–water partition coefficient (Wildman–Crippen LogP) is 4.40. The second-order valence-corrected chi connectivity index (χ2v) is 7.76. The maximum atomic E-state index is 10.4. The molecule has 8 nitrogen and oxygen atoms in total. The van der Waals surface area contributed by atoms with E-state index in [-0.39, 0.29) is 32.0 Å². The largest absolute Gasteiger partial charge is 0.481 e. The van der Waals surface area contributed by atoms with Crippen LogP contribution in [0.3, 0.4) is 0 Å². The molecule has 0 saturated heterocycles. The molecule has 0 aromatic heterocycles. The van der Waals surface area contributed by atoms with Gasteiger partial charge in [0.2, 0.25) is 6.79 Å². The van der Waals surface area contributed by atoms with Crippen LogP contribution in [0.2, 0.25) is 0 Å². The number of ether oxygens (including phenoxy) is 5. The predicted molar refractivity (Wildman–Crippen MR) is 125 cm³/mol. The molecule has 9 heteroatoms. The summed E-state index contributed by atoms with van der Waals surface area (Å²) in [6.45, 7) is 11.4. The maximum Gasteiger partial charge on any atom is 0.314 e. The molecule has 1 aliphatic rings. The van der Waals surface area contributed by atoms with Gasteiger partial charge in [-0.05, 0) is 49.4 Å². The number of aliphatic carboxylic acids is 1.